The zero-order valence-electron chi connectivity index (χ0n) is 19.1. The van der Waals surface area contributed by atoms with Crippen LogP contribution >= 0.6 is 0 Å². The Morgan fingerprint density at radius 1 is 1.10 bits per heavy atom. The van der Waals surface area contributed by atoms with Gasteiger partial charge in [-0.3, -0.25) is 0 Å². The van der Waals surface area contributed by atoms with Crippen LogP contribution in [0.4, 0.5) is 0 Å². The van der Waals surface area contributed by atoms with E-state index < -0.39 is 0 Å². The second-order valence-corrected chi connectivity index (χ2v) is 8.51. The molecule has 0 amide bonds. The number of ether oxygens (including phenoxy) is 1. The van der Waals surface area contributed by atoms with Crippen LogP contribution in [-0.2, 0) is 0 Å². The minimum atomic E-state index is 0.355. The van der Waals surface area contributed by atoms with Crippen molar-refractivity contribution < 1.29 is 4.74 Å². The molecule has 5 nitrogen and oxygen atoms in total. The van der Waals surface area contributed by atoms with Crippen molar-refractivity contribution in [1.29, 1.82) is 0 Å². The Morgan fingerprint density at radius 2 is 1.83 bits per heavy atom. The van der Waals surface area contributed by atoms with Crippen molar-refractivity contribution in [2.45, 2.75) is 53.0 Å². The number of hydrogen-bond donors (Lipinski definition) is 0. The van der Waals surface area contributed by atoms with Crippen LogP contribution in [0.2, 0.25) is 0 Å². The van der Waals surface area contributed by atoms with Crippen LogP contribution in [0.25, 0.3) is 22.3 Å². The van der Waals surface area contributed by atoms with E-state index in [1.54, 1.807) is 7.11 Å². The van der Waals surface area contributed by atoms with Crippen molar-refractivity contribution in [1.82, 2.24) is 19.4 Å². The lowest BCUT2D eigenvalue weighted by atomic mass is 10.0. The average Bonchev–Trinajstić information content (AvgIpc) is 3.00. The second kappa shape index (κ2) is 8.54. The van der Waals surface area contributed by atoms with Gasteiger partial charge in [-0.1, -0.05) is 20.8 Å². The molecule has 0 N–H and O–H groups in total. The molecule has 3 rings (SSSR count). The first-order chi connectivity index (χ1) is 13.8. The maximum absolute atomic E-state index is 5.63. The lowest BCUT2D eigenvalue weighted by Gasteiger charge is -2.22. The molecule has 1 unspecified atom stereocenters. The van der Waals surface area contributed by atoms with Gasteiger partial charge in [0.1, 0.15) is 0 Å². The first-order valence-electron chi connectivity index (χ1n) is 10.5. The smallest absolute Gasteiger partial charge is 0.222 e. The highest BCUT2D eigenvalue weighted by molar-refractivity contribution is 5.85. The summed E-state index contributed by atoms with van der Waals surface area (Å²) in [6, 6.07) is 6.86. The third-order valence-electron chi connectivity index (χ3n) is 5.54. The number of rotatable bonds is 7. The average molecular weight is 395 g/mol. The molecule has 0 spiro atoms. The van der Waals surface area contributed by atoms with Gasteiger partial charge in [-0.2, -0.15) is 0 Å². The molecule has 0 saturated heterocycles. The summed E-state index contributed by atoms with van der Waals surface area (Å²) in [6.45, 7) is 11.8. The van der Waals surface area contributed by atoms with Crippen LogP contribution in [0.15, 0.2) is 24.4 Å². The van der Waals surface area contributed by atoms with E-state index in [0.717, 1.165) is 41.0 Å². The summed E-state index contributed by atoms with van der Waals surface area (Å²) in [5, 5.41) is 0. The fourth-order valence-corrected chi connectivity index (χ4v) is 3.95. The Kier molecular flexibility index (Phi) is 6.27. The standard InChI is InChI=1S/C24H34N4O/c1-9-18(14-27(6)7)28-13-17(5)23-21(28)12-16(4)22(26-23)19-10-11-20(15(2)3)25-24(19)29-8/h10-13,15,18H,9,14H2,1-8H3. The van der Waals surface area contributed by atoms with Crippen LogP contribution in [0.5, 0.6) is 5.88 Å². The number of fused-ring (bicyclic) bond motifs is 1. The quantitative estimate of drug-likeness (QED) is 0.541. The molecule has 3 heterocycles. The van der Waals surface area contributed by atoms with Gasteiger partial charge in [0.15, 0.2) is 0 Å². The topological polar surface area (TPSA) is 43.2 Å². The molecule has 0 aliphatic heterocycles. The van der Waals surface area contributed by atoms with Crippen LogP contribution in [0.3, 0.4) is 0 Å². The van der Waals surface area contributed by atoms with Gasteiger partial charge in [-0.05, 0) is 69.6 Å². The van der Waals surface area contributed by atoms with Crippen LogP contribution in [-0.4, -0.2) is 47.2 Å². The van der Waals surface area contributed by atoms with Gasteiger partial charge < -0.3 is 14.2 Å². The molecule has 0 fully saturated rings. The monoisotopic (exact) mass is 394 g/mol. The maximum atomic E-state index is 5.63. The van der Waals surface area contributed by atoms with Gasteiger partial charge >= 0.3 is 0 Å². The molecule has 5 heteroatoms. The van der Waals surface area contributed by atoms with E-state index in [-0.39, 0.29) is 0 Å². The predicted molar refractivity (Wildman–Crippen MR) is 121 cm³/mol. The third-order valence-corrected chi connectivity index (χ3v) is 5.54. The van der Waals surface area contributed by atoms with E-state index in [0.29, 0.717) is 17.8 Å². The molecule has 0 radical (unpaired) electrons. The van der Waals surface area contributed by atoms with Gasteiger partial charge in [0.05, 0.1) is 29.4 Å². The van der Waals surface area contributed by atoms with E-state index in [4.69, 9.17) is 14.7 Å². The summed E-state index contributed by atoms with van der Waals surface area (Å²) < 4.78 is 8.03. The van der Waals surface area contributed by atoms with Crippen molar-refractivity contribution in [3.63, 3.8) is 0 Å². The van der Waals surface area contributed by atoms with Crippen molar-refractivity contribution in [3.8, 4) is 17.1 Å². The maximum Gasteiger partial charge on any atom is 0.222 e. The highest BCUT2D eigenvalue weighted by atomic mass is 16.5. The first-order valence-corrected chi connectivity index (χ1v) is 10.5. The van der Waals surface area contributed by atoms with Gasteiger partial charge in [0.25, 0.3) is 0 Å². The van der Waals surface area contributed by atoms with Crippen LogP contribution in [0.1, 0.15) is 56.0 Å². The fourth-order valence-electron chi connectivity index (χ4n) is 3.95. The van der Waals surface area contributed by atoms with Gasteiger partial charge in [-0.25, -0.2) is 9.97 Å². The Hall–Kier alpha value is -2.40. The predicted octanol–water partition coefficient (Wildman–Crippen LogP) is 5.36. The minimum absolute atomic E-state index is 0.355. The summed E-state index contributed by atoms with van der Waals surface area (Å²) >= 11 is 0. The number of methoxy groups -OCH3 is 1. The van der Waals surface area contributed by atoms with Crippen molar-refractivity contribution in [2.24, 2.45) is 0 Å². The summed E-state index contributed by atoms with van der Waals surface area (Å²) in [7, 11) is 5.93. The molecule has 1 atom stereocenters. The van der Waals surface area contributed by atoms with E-state index in [1.165, 1.54) is 11.1 Å². The molecule has 3 aromatic rings. The summed E-state index contributed by atoms with van der Waals surface area (Å²) in [4.78, 5) is 12.1. The van der Waals surface area contributed by atoms with Crippen LogP contribution < -0.4 is 4.74 Å². The SMILES string of the molecule is CCC(CN(C)C)n1cc(C)c2nc(-c3ccc(C(C)C)nc3OC)c(C)cc21. The fraction of sp³-hybridized carbons (Fsp3) is 0.500. The number of likely N-dealkylation sites (N-methyl/N-ethyl adjacent to an activating group) is 1. The molecule has 156 valence electrons. The zero-order chi connectivity index (χ0) is 21.3. The normalized spacial score (nSPS) is 12.9. The molecule has 0 bridgehead atoms. The summed E-state index contributed by atoms with van der Waals surface area (Å²) in [5.41, 5.74) is 7.50. The minimum Gasteiger partial charge on any atom is -0.480 e. The number of aromatic nitrogens is 3. The molecule has 0 aliphatic carbocycles. The molecular weight excluding hydrogens is 360 g/mol. The molecule has 0 saturated carbocycles. The van der Waals surface area contributed by atoms with Crippen molar-refractivity contribution >= 4 is 11.0 Å². The Balaban J connectivity index is 2.15. The van der Waals surface area contributed by atoms with Crippen LogP contribution in [0, 0.1) is 13.8 Å². The molecule has 0 aliphatic rings. The van der Waals surface area contributed by atoms with E-state index in [2.05, 4.69) is 82.6 Å². The molecule has 29 heavy (non-hydrogen) atoms. The van der Waals surface area contributed by atoms with Gasteiger partial charge in [-0.15, -0.1) is 0 Å². The Labute approximate surface area is 174 Å². The summed E-state index contributed by atoms with van der Waals surface area (Å²) in [6.07, 6.45) is 3.33. The van der Waals surface area contributed by atoms with E-state index >= 15 is 0 Å². The highest BCUT2D eigenvalue weighted by Gasteiger charge is 2.19. The highest BCUT2D eigenvalue weighted by Crippen LogP contribution is 2.34. The molecular formula is C24H34N4O. The first kappa shape index (κ1) is 21.3. The Morgan fingerprint density at radius 3 is 2.41 bits per heavy atom. The lowest BCUT2D eigenvalue weighted by Crippen LogP contribution is -2.23. The summed E-state index contributed by atoms with van der Waals surface area (Å²) in [5.74, 6) is 0.996. The number of pyridine rings is 2. The molecule has 3 aromatic heterocycles. The second-order valence-electron chi connectivity index (χ2n) is 8.51. The lowest BCUT2D eigenvalue weighted by molar-refractivity contribution is 0.321. The number of nitrogens with zero attached hydrogens (tertiary/aromatic N) is 4. The largest absolute Gasteiger partial charge is 0.480 e. The zero-order valence-corrected chi connectivity index (χ0v) is 19.1. The van der Waals surface area contributed by atoms with Gasteiger partial charge in [0.2, 0.25) is 5.88 Å². The van der Waals surface area contributed by atoms with Crippen molar-refractivity contribution in [3.05, 3.63) is 41.2 Å². The van der Waals surface area contributed by atoms with Crippen molar-refractivity contribution in [2.75, 3.05) is 27.7 Å². The Bertz CT molecular complexity index is 1000. The third kappa shape index (κ3) is 4.15. The van der Waals surface area contributed by atoms with E-state index in [9.17, 15) is 0 Å². The number of aryl methyl sites for hydroxylation is 2. The van der Waals surface area contributed by atoms with E-state index in [1.807, 2.05) is 0 Å². The van der Waals surface area contributed by atoms with Gasteiger partial charge in [0, 0.05) is 24.5 Å². The number of hydrogen-bond acceptors (Lipinski definition) is 4. The molecule has 0 aromatic carbocycles.